The number of benzene rings is 2. The average Bonchev–Trinajstić information content (AvgIpc) is 3.07. The van der Waals surface area contributed by atoms with E-state index in [0.29, 0.717) is 11.3 Å². The van der Waals surface area contributed by atoms with Gasteiger partial charge >= 0.3 is 6.18 Å². The maximum atomic E-state index is 14.1. The molecular weight excluding hydrogens is 400 g/mol. The van der Waals surface area contributed by atoms with Crippen molar-refractivity contribution in [1.29, 1.82) is 0 Å². The molecule has 1 aliphatic rings. The third kappa shape index (κ3) is 3.75. The highest BCUT2D eigenvalue weighted by molar-refractivity contribution is 6.34. The first-order valence-electron chi connectivity index (χ1n) is 8.26. The predicted octanol–water partition coefficient (Wildman–Crippen LogP) is 4.27. The summed E-state index contributed by atoms with van der Waals surface area (Å²) in [6, 6.07) is 8.80. The van der Waals surface area contributed by atoms with E-state index in [1.165, 1.54) is 18.2 Å². The Balaban J connectivity index is 2.01. The number of nitrogens with one attached hydrogen (secondary N) is 2. The molecule has 146 valence electrons. The summed E-state index contributed by atoms with van der Waals surface area (Å²) in [5.41, 5.74) is 8.31. The topological polar surface area (TPSA) is 76.1 Å². The van der Waals surface area contributed by atoms with Crippen molar-refractivity contribution in [3.05, 3.63) is 63.1 Å². The fourth-order valence-electron chi connectivity index (χ4n) is 3.60. The molecule has 9 heteroatoms. The second-order valence-electron chi connectivity index (χ2n) is 6.64. The van der Waals surface area contributed by atoms with Gasteiger partial charge in [-0.1, -0.05) is 35.3 Å². The minimum absolute atomic E-state index is 0.0572. The molecule has 0 spiro atoms. The van der Waals surface area contributed by atoms with Crippen LogP contribution < -0.4 is 22.3 Å². The van der Waals surface area contributed by atoms with E-state index in [4.69, 9.17) is 34.8 Å². The summed E-state index contributed by atoms with van der Waals surface area (Å²) in [5.74, 6) is 5.44. The van der Waals surface area contributed by atoms with Gasteiger partial charge in [0.1, 0.15) is 5.41 Å². The van der Waals surface area contributed by atoms with Crippen molar-refractivity contribution in [3.63, 3.8) is 0 Å². The van der Waals surface area contributed by atoms with Crippen LogP contribution in [0.25, 0.3) is 0 Å². The minimum atomic E-state index is -4.47. The van der Waals surface area contributed by atoms with Crippen molar-refractivity contribution in [2.24, 2.45) is 11.6 Å². The maximum absolute atomic E-state index is 14.1. The number of hydrogen-bond acceptors (Lipinski definition) is 4. The van der Waals surface area contributed by atoms with E-state index >= 15 is 0 Å². The zero-order chi connectivity index (χ0) is 19.8. The van der Waals surface area contributed by atoms with Gasteiger partial charge in [-0.15, -0.1) is 0 Å². The molecule has 2 atom stereocenters. The molecule has 6 N–H and O–H groups in total. The molecule has 0 aromatic heterocycles. The van der Waals surface area contributed by atoms with Gasteiger partial charge in [0.15, 0.2) is 0 Å². The smallest absolute Gasteiger partial charge is 0.326 e. The summed E-state index contributed by atoms with van der Waals surface area (Å²) in [7, 11) is 0. The number of alkyl halides is 3. The monoisotopic (exact) mass is 418 g/mol. The van der Waals surface area contributed by atoms with Crippen molar-refractivity contribution in [2.75, 3.05) is 12.0 Å². The number of anilines is 1. The lowest BCUT2D eigenvalue weighted by Crippen LogP contribution is -2.44. The van der Waals surface area contributed by atoms with Gasteiger partial charge in [0, 0.05) is 29.2 Å². The number of rotatable bonds is 4. The summed E-state index contributed by atoms with van der Waals surface area (Å²) < 4.78 is 42.4. The number of nitrogen functional groups attached to an aromatic ring is 1. The Morgan fingerprint density at radius 3 is 2.37 bits per heavy atom. The molecule has 3 rings (SSSR count). The molecule has 27 heavy (non-hydrogen) atoms. The quantitative estimate of drug-likeness (QED) is 0.441. The van der Waals surface area contributed by atoms with Crippen molar-refractivity contribution < 1.29 is 13.2 Å². The molecule has 2 aromatic carbocycles. The first-order chi connectivity index (χ1) is 12.7. The van der Waals surface area contributed by atoms with Crippen LogP contribution >= 0.6 is 23.2 Å². The molecule has 2 aromatic rings. The van der Waals surface area contributed by atoms with Gasteiger partial charge in [-0.2, -0.15) is 13.2 Å². The highest BCUT2D eigenvalue weighted by atomic mass is 35.5. The van der Waals surface area contributed by atoms with Gasteiger partial charge in [0.25, 0.3) is 0 Å². The zero-order valence-electron chi connectivity index (χ0n) is 14.2. The second kappa shape index (κ2) is 7.48. The van der Waals surface area contributed by atoms with Gasteiger partial charge in [-0.25, -0.2) is 0 Å². The molecule has 2 unspecified atom stereocenters. The van der Waals surface area contributed by atoms with Crippen LogP contribution in [-0.2, 0) is 12.0 Å². The summed E-state index contributed by atoms with van der Waals surface area (Å²) in [6.07, 6.45) is -4.65. The third-order valence-corrected chi connectivity index (χ3v) is 5.50. The molecule has 0 aliphatic carbocycles. The van der Waals surface area contributed by atoms with E-state index in [1.807, 2.05) is 0 Å². The number of hydrogen-bond donors (Lipinski definition) is 4. The van der Waals surface area contributed by atoms with E-state index in [0.717, 1.165) is 5.56 Å². The zero-order valence-corrected chi connectivity index (χ0v) is 15.7. The van der Waals surface area contributed by atoms with Gasteiger partial charge in [-0.05, 0) is 47.4 Å². The first kappa shape index (κ1) is 20.2. The lowest BCUT2D eigenvalue weighted by molar-refractivity contribution is -0.185. The van der Waals surface area contributed by atoms with E-state index in [9.17, 15) is 13.2 Å². The summed E-state index contributed by atoms with van der Waals surface area (Å²) >= 11 is 11.9. The number of hydrazine groups is 1. The third-order valence-electron chi connectivity index (χ3n) is 5.07. The molecular formula is C18H19Cl2F3N4. The van der Waals surface area contributed by atoms with Crippen LogP contribution in [0.4, 0.5) is 18.9 Å². The lowest BCUT2D eigenvalue weighted by atomic mass is 9.77. The van der Waals surface area contributed by atoms with Crippen LogP contribution in [0.1, 0.15) is 29.2 Å². The van der Waals surface area contributed by atoms with E-state index < -0.39 is 17.6 Å². The molecule has 1 aliphatic heterocycles. The molecule has 0 saturated carbocycles. The lowest BCUT2D eigenvalue weighted by Gasteiger charge is -2.32. The standard InChI is InChI=1S/C18H19Cl2F3N4/c19-13-4-12(5-14(20)6-13)17(18(21,22)23)7-16(26-9-17)10-1-2-15(27-25)11(3-10)8-24/h1-6,16,26-27H,7-9,24-25H2. The molecule has 0 bridgehead atoms. The van der Waals surface area contributed by atoms with Gasteiger partial charge in [0.05, 0.1) is 5.69 Å². The second-order valence-corrected chi connectivity index (χ2v) is 7.51. The van der Waals surface area contributed by atoms with E-state index in [1.54, 1.807) is 18.2 Å². The van der Waals surface area contributed by atoms with Crippen LogP contribution in [0.5, 0.6) is 0 Å². The van der Waals surface area contributed by atoms with Crippen molar-refractivity contribution in [1.82, 2.24) is 5.32 Å². The van der Waals surface area contributed by atoms with Crippen LogP contribution in [0.15, 0.2) is 36.4 Å². The highest BCUT2D eigenvalue weighted by Crippen LogP contribution is 2.51. The highest BCUT2D eigenvalue weighted by Gasteiger charge is 2.59. The largest absolute Gasteiger partial charge is 0.399 e. The Morgan fingerprint density at radius 2 is 1.81 bits per heavy atom. The SMILES string of the molecule is NCc1cc(C2CC(c3cc(Cl)cc(Cl)c3)(C(F)(F)F)CN2)ccc1NN. The van der Waals surface area contributed by atoms with Gasteiger partial charge < -0.3 is 16.5 Å². The Morgan fingerprint density at radius 1 is 1.15 bits per heavy atom. The Hall–Kier alpha value is -1.51. The minimum Gasteiger partial charge on any atom is -0.326 e. The Bertz CT molecular complexity index is 824. The number of halogens is 5. The summed E-state index contributed by atoms with van der Waals surface area (Å²) in [5, 5.41) is 3.35. The molecule has 0 amide bonds. The maximum Gasteiger partial charge on any atom is 0.399 e. The molecule has 1 fully saturated rings. The Kier molecular flexibility index (Phi) is 5.61. The van der Waals surface area contributed by atoms with Crippen molar-refractivity contribution in [2.45, 2.75) is 30.6 Å². The van der Waals surface area contributed by atoms with Crippen molar-refractivity contribution >= 4 is 28.9 Å². The fourth-order valence-corrected chi connectivity index (χ4v) is 4.12. The van der Waals surface area contributed by atoms with Crippen LogP contribution in [0.3, 0.4) is 0 Å². The fraction of sp³-hybridized carbons (Fsp3) is 0.333. The normalized spacial score (nSPS) is 22.9. The van der Waals surface area contributed by atoms with E-state index in [2.05, 4.69) is 10.7 Å². The molecule has 0 radical (unpaired) electrons. The first-order valence-corrected chi connectivity index (χ1v) is 9.02. The van der Waals surface area contributed by atoms with Crippen LogP contribution in [0.2, 0.25) is 10.0 Å². The van der Waals surface area contributed by atoms with Crippen molar-refractivity contribution in [3.8, 4) is 0 Å². The summed E-state index contributed by atoms with van der Waals surface area (Å²) in [6.45, 7) is -0.0545. The summed E-state index contributed by atoms with van der Waals surface area (Å²) in [4.78, 5) is 0. The average molecular weight is 419 g/mol. The molecule has 4 nitrogen and oxygen atoms in total. The van der Waals surface area contributed by atoms with Crippen LogP contribution in [-0.4, -0.2) is 12.7 Å². The van der Waals surface area contributed by atoms with Crippen LogP contribution in [0, 0.1) is 0 Å². The Labute approximate surface area is 165 Å². The predicted molar refractivity (Wildman–Crippen MR) is 102 cm³/mol. The van der Waals surface area contributed by atoms with Gasteiger partial charge in [0.2, 0.25) is 0 Å². The van der Waals surface area contributed by atoms with E-state index in [-0.39, 0.29) is 35.1 Å². The molecule has 1 heterocycles. The van der Waals surface area contributed by atoms with Gasteiger partial charge in [-0.3, -0.25) is 5.84 Å². The molecule has 1 saturated heterocycles. The number of nitrogens with two attached hydrogens (primary N) is 2.